The second-order valence-corrected chi connectivity index (χ2v) is 18.1. The summed E-state index contributed by atoms with van der Waals surface area (Å²) >= 11 is 0. The molecule has 0 aromatic rings. The normalized spacial score (nSPS) is 13.6. The number of piperidine rings is 1. The topological polar surface area (TPSA) is 103 Å². The smallest absolute Gasteiger partial charge is 0.307 e. The van der Waals surface area contributed by atoms with Gasteiger partial charge < -0.3 is 24.3 Å². The summed E-state index contributed by atoms with van der Waals surface area (Å²) in [4.78, 5) is 41.0. The Morgan fingerprint density at radius 1 is 0.483 bits per heavy atom. The number of amides is 1. The van der Waals surface area contributed by atoms with Gasteiger partial charge in [0.15, 0.2) is 0 Å². The minimum atomic E-state index is -0.649. The summed E-state index contributed by atoms with van der Waals surface area (Å²) in [5, 5.41) is 2.97. The van der Waals surface area contributed by atoms with E-state index in [0.717, 1.165) is 64.5 Å². The molecule has 1 heterocycles. The molecule has 0 aromatic heterocycles. The fraction of sp³-hybridized carbons (Fsp3) is 0.941. The molecule has 0 atom stereocenters. The Balaban J connectivity index is 2.27. The summed E-state index contributed by atoms with van der Waals surface area (Å²) in [6.07, 6.45) is 43.3. The van der Waals surface area contributed by atoms with E-state index in [2.05, 4.69) is 24.1 Å². The van der Waals surface area contributed by atoms with Gasteiger partial charge in [-0.05, 0) is 25.7 Å². The lowest BCUT2D eigenvalue weighted by atomic mass is 10.0. The van der Waals surface area contributed by atoms with Crippen molar-refractivity contribution in [1.82, 2.24) is 10.2 Å². The Kier molecular flexibility index (Phi) is 41.2. The van der Waals surface area contributed by atoms with E-state index in [9.17, 15) is 14.4 Å². The molecule has 1 amide bonds. The van der Waals surface area contributed by atoms with Gasteiger partial charge in [-0.15, -0.1) is 0 Å². The molecule has 0 radical (unpaired) electrons. The monoisotopic (exact) mass is 851 g/mol. The van der Waals surface area contributed by atoms with E-state index in [1.54, 1.807) is 7.11 Å². The Labute approximate surface area is 370 Å². The van der Waals surface area contributed by atoms with Crippen LogP contribution in [0.3, 0.4) is 0 Å². The van der Waals surface area contributed by atoms with Crippen LogP contribution < -0.4 is 5.32 Å². The van der Waals surface area contributed by atoms with Gasteiger partial charge in [0.25, 0.3) is 0 Å². The van der Waals surface area contributed by atoms with E-state index < -0.39 is 6.04 Å². The first kappa shape index (κ1) is 56.3. The van der Waals surface area contributed by atoms with Crippen molar-refractivity contribution in [3.8, 4) is 0 Å². The van der Waals surface area contributed by atoms with E-state index >= 15 is 0 Å². The Morgan fingerprint density at radius 2 is 0.817 bits per heavy atom. The molecular formula is C51H98N2O7. The van der Waals surface area contributed by atoms with Crippen LogP contribution in [0.5, 0.6) is 0 Å². The lowest BCUT2D eigenvalue weighted by Crippen LogP contribution is -2.46. The molecule has 9 nitrogen and oxygen atoms in total. The molecule has 9 heteroatoms. The van der Waals surface area contributed by atoms with Crippen molar-refractivity contribution in [3.05, 3.63) is 0 Å². The number of nitrogens with one attached hydrogen (secondary N) is 1. The molecule has 0 unspecified atom stereocenters. The highest BCUT2D eigenvalue weighted by atomic mass is 16.5. The summed E-state index contributed by atoms with van der Waals surface area (Å²) in [7, 11) is 1.67. The van der Waals surface area contributed by atoms with Crippen LogP contribution >= 0.6 is 0 Å². The number of unbranched alkanes of at least 4 members (excludes halogenated alkanes) is 30. The summed E-state index contributed by atoms with van der Waals surface area (Å²) in [6, 6.07) is -0.649. The van der Waals surface area contributed by atoms with Gasteiger partial charge in [0.1, 0.15) is 0 Å². The summed E-state index contributed by atoms with van der Waals surface area (Å²) in [6.45, 7) is 8.21. The number of carbonyl (C=O) groups is 3. The second kappa shape index (κ2) is 43.9. The molecule has 1 aliphatic rings. The van der Waals surface area contributed by atoms with E-state index in [1.807, 2.05) is 0 Å². The van der Waals surface area contributed by atoms with Crippen molar-refractivity contribution in [2.75, 3.05) is 53.2 Å². The molecule has 1 saturated heterocycles. The lowest BCUT2D eigenvalue weighted by molar-refractivity contribution is -0.146. The van der Waals surface area contributed by atoms with Crippen LogP contribution in [0.1, 0.15) is 245 Å². The zero-order valence-corrected chi connectivity index (χ0v) is 39.9. The number of hydrogen-bond acceptors (Lipinski definition) is 8. The maximum Gasteiger partial charge on any atom is 0.307 e. The zero-order chi connectivity index (χ0) is 43.4. The summed E-state index contributed by atoms with van der Waals surface area (Å²) in [5.74, 6) is -0.934. The average Bonchev–Trinajstić information content (AvgIpc) is 3.23. The van der Waals surface area contributed by atoms with Crippen molar-refractivity contribution in [2.45, 2.75) is 257 Å². The van der Waals surface area contributed by atoms with Crippen molar-refractivity contribution in [2.24, 2.45) is 0 Å². The molecular weight excluding hydrogens is 753 g/mol. The first-order chi connectivity index (χ1) is 29.5. The maximum absolute atomic E-state index is 13.1. The maximum atomic E-state index is 13.1. The minimum Gasteiger partial charge on any atom is -0.466 e. The SMILES string of the molecule is CCCCCCCCCCCCCCCCCCOC(=O)CC(CC(=O)OCCCCCCCCCCCCCCCCCC)NC(=O)CN1CCC(OCCOC)CC1. The zero-order valence-electron chi connectivity index (χ0n) is 39.9. The number of rotatable bonds is 45. The molecule has 1 aliphatic heterocycles. The molecule has 0 spiro atoms. The minimum absolute atomic E-state index is 0.0336. The lowest BCUT2D eigenvalue weighted by Gasteiger charge is -2.31. The van der Waals surface area contributed by atoms with Crippen LogP contribution in [-0.4, -0.2) is 88.1 Å². The van der Waals surface area contributed by atoms with Crippen LogP contribution in [0.25, 0.3) is 0 Å². The predicted molar refractivity (Wildman–Crippen MR) is 249 cm³/mol. The number of likely N-dealkylation sites (tertiary alicyclic amines) is 1. The van der Waals surface area contributed by atoms with Crippen molar-refractivity contribution >= 4 is 17.8 Å². The Bertz CT molecular complexity index is 906. The van der Waals surface area contributed by atoms with Gasteiger partial charge >= 0.3 is 11.9 Å². The van der Waals surface area contributed by atoms with Gasteiger partial charge in [-0.1, -0.05) is 206 Å². The number of hydrogen-bond donors (Lipinski definition) is 1. The summed E-state index contributed by atoms with van der Waals surface area (Å²) < 4.78 is 22.1. The highest BCUT2D eigenvalue weighted by Crippen LogP contribution is 2.17. The van der Waals surface area contributed by atoms with E-state index in [-0.39, 0.29) is 43.3 Å². The number of methoxy groups -OCH3 is 1. The van der Waals surface area contributed by atoms with Crippen LogP contribution in [0.2, 0.25) is 0 Å². The first-order valence-corrected chi connectivity index (χ1v) is 25.9. The highest BCUT2D eigenvalue weighted by molar-refractivity contribution is 5.81. The number of carbonyl (C=O) groups excluding carboxylic acids is 3. The van der Waals surface area contributed by atoms with Crippen LogP contribution in [0.15, 0.2) is 0 Å². The second-order valence-electron chi connectivity index (χ2n) is 18.1. The molecule has 0 bridgehead atoms. The van der Waals surface area contributed by atoms with Crippen molar-refractivity contribution in [1.29, 1.82) is 0 Å². The molecule has 1 N–H and O–H groups in total. The largest absolute Gasteiger partial charge is 0.466 e. The highest BCUT2D eigenvalue weighted by Gasteiger charge is 2.25. The molecule has 1 fully saturated rings. The Morgan fingerprint density at radius 3 is 1.15 bits per heavy atom. The van der Waals surface area contributed by atoms with E-state index in [4.69, 9.17) is 18.9 Å². The van der Waals surface area contributed by atoms with Crippen LogP contribution in [-0.2, 0) is 33.3 Å². The van der Waals surface area contributed by atoms with Gasteiger partial charge in [-0.3, -0.25) is 19.3 Å². The molecule has 354 valence electrons. The third-order valence-electron chi connectivity index (χ3n) is 12.3. The predicted octanol–water partition coefficient (Wildman–Crippen LogP) is 13.0. The van der Waals surface area contributed by atoms with Crippen molar-refractivity contribution in [3.63, 3.8) is 0 Å². The number of ether oxygens (including phenoxy) is 4. The van der Waals surface area contributed by atoms with Crippen LogP contribution in [0, 0.1) is 0 Å². The van der Waals surface area contributed by atoms with Gasteiger partial charge in [0.2, 0.25) is 5.91 Å². The van der Waals surface area contributed by atoms with Crippen molar-refractivity contribution < 1.29 is 33.3 Å². The first-order valence-electron chi connectivity index (χ1n) is 25.9. The average molecular weight is 851 g/mol. The van der Waals surface area contributed by atoms with Gasteiger partial charge in [-0.2, -0.15) is 0 Å². The summed E-state index contributed by atoms with van der Waals surface area (Å²) in [5.41, 5.74) is 0. The van der Waals surface area contributed by atoms with E-state index in [1.165, 1.54) is 167 Å². The quantitative estimate of drug-likeness (QED) is 0.0477. The standard InChI is InChI=1S/C51H98N2O7/c1-4-6-8-10-12-14-16-18-20-22-24-26-28-30-32-34-40-59-50(55)44-47(52-49(54)46-53-38-36-48(37-39-53)58-43-42-57-3)45-51(56)60-41-35-33-31-29-27-25-23-21-19-17-15-13-11-9-7-5-2/h47-48H,4-46H2,1-3H3,(H,52,54). The fourth-order valence-electron chi connectivity index (χ4n) is 8.38. The molecule has 0 aliphatic carbocycles. The van der Waals surface area contributed by atoms with E-state index in [0.29, 0.717) is 26.4 Å². The van der Waals surface area contributed by atoms with Gasteiger partial charge in [0, 0.05) is 26.2 Å². The van der Waals surface area contributed by atoms with Gasteiger partial charge in [0.05, 0.1) is 51.9 Å². The molecule has 1 rings (SSSR count). The third kappa shape index (κ3) is 38.0. The van der Waals surface area contributed by atoms with Gasteiger partial charge in [-0.25, -0.2) is 0 Å². The Hall–Kier alpha value is -1.71. The number of nitrogens with zero attached hydrogens (tertiary/aromatic N) is 1. The van der Waals surface area contributed by atoms with Crippen LogP contribution in [0.4, 0.5) is 0 Å². The number of esters is 2. The molecule has 0 aromatic carbocycles. The molecule has 60 heavy (non-hydrogen) atoms. The third-order valence-corrected chi connectivity index (χ3v) is 12.3. The fourth-order valence-corrected chi connectivity index (χ4v) is 8.38. The molecule has 0 saturated carbocycles.